The number of fused-ring (bicyclic) bond motifs is 1. The van der Waals surface area contributed by atoms with Gasteiger partial charge in [-0.2, -0.15) is 0 Å². The molecule has 1 aliphatic carbocycles. The van der Waals surface area contributed by atoms with Crippen LogP contribution in [0.1, 0.15) is 36.2 Å². The number of rotatable bonds is 4. The number of hydrogen-bond donors (Lipinski definition) is 1. The van der Waals surface area contributed by atoms with Crippen LogP contribution in [0.25, 0.3) is 0 Å². The van der Waals surface area contributed by atoms with Gasteiger partial charge in [-0.1, -0.05) is 36.4 Å². The molecule has 4 nitrogen and oxygen atoms in total. The minimum Gasteiger partial charge on any atom is -0.322 e. The van der Waals surface area contributed by atoms with Gasteiger partial charge in [0, 0.05) is 6.54 Å². The molecule has 0 aliphatic heterocycles. The molecular formula is C15H20N4. The largest absolute Gasteiger partial charge is 0.322 e. The molecule has 0 amide bonds. The topological polar surface area (TPSA) is 56.7 Å². The van der Waals surface area contributed by atoms with Crippen molar-refractivity contribution in [2.75, 3.05) is 0 Å². The van der Waals surface area contributed by atoms with Crippen molar-refractivity contribution in [2.24, 2.45) is 11.7 Å². The van der Waals surface area contributed by atoms with Crippen LogP contribution in [0.15, 0.2) is 30.5 Å². The van der Waals surface area contributed by atoms with Crippen LogP contribution in [0.4, 0.5) is 0 Å². The molecule has 0 spiro atoms. The summed E-state index contributed by atoms with van der Waals surface area (Å²) in [6, 6.07) is 8.66. The normalized spacial score (nSPS) is 16.5. The maximum Gasteiger partial charge on any atom is 0.0757 e. The first-order valence-electron chi connectivity index (χ1n) is 7.00. The predicted octanol–water partition coefficient (Wildman–Crippen LogP) is 2.10. The molecule has 1 unspecified atom stereocenters. The average Bonchev–Trinajstić information content (AvgIpc) is 3.04. The molecule has 0 radical (unpaired) electrons. The summed E-state index contributed by atoms with van der Waals surface area (Å²) in [5.41, 5.74) is 10.4. The van der Waals surface area contributed by atoms with Crippen molar-refractivity contribution in [2.45, 2.75) is 38.8 Å². The van der Waals surface area contributed by atoms with Crippen molar-refractivity contribution in [1.82, 2.24) is 15.0 Å². The van der Waals surface area contributed by atoms with Crippen LogP contribution >= 0.6 is 0 Å². The SMILES string of the molecule is CCCn1nncc1C(N)C1Cc2ccccc2C1. The Labute approximate surface area is 113 Å². The fourth-order valence-corrected chi connectivity index (χ4v) is 3.00. The van der Waals surface area contributed by atoms with Gasteiger partial charge >= 0.3 is 0 Å². The molecule has 1 aromatic carbocycles. The van der Waals surface area contributed by atoms with Crippen molar-refractivity contribution in [1.29, 1.82) is 0 Å². The van der Waals surface area contributed by atoms with Gasteiger partial charge in [-0.25, -0.2) is 4.68 Å². The third-order valence-electron chi connectivity index (χ3n) is 4.02. The standard InChI is InChI=1S/C15H20N4/c1-2-7-19-14(10-17-18-19)15(16)13-8-11-5-3-4-6-12(11)9-13/h3-6,10,13,15H,2,7-9,16H2,1H3. The number of nitrogens with two attached hydrogens (primary N) is 1. The monoisotopic (exact) mass is 256 g/mol. The number of benzene rings is 1. The fourth-order valence-electron chi connectivity index (χ4n) is 3.00. The Morgan fingerprint density at radius 2 is 2.00 bits per heavy atom. The molecule has 0 saturated heterocycles. The van der Waals surface area contributed by atoms with E-state index in [1.807, 2.05) is 10.9 Å². The van der Waals surface area contributed by atoms with E-state index in [2.05, 4.69) is 41.5 Å². The average molecular weight is 256 g/mol. The summed E-state index contributed by atoms with van der Waals surface area (Å²) in [4.78, 5) is 0. The van der Waals surface area contributed by atoms with Gasteiger partial charge < -0.3 is 5.73 Å². The minimum absolute atomic E-state index is 0.0222. The molecule has 2 N–H and O–H groups in total. The molecule has 1 heterocycles. The van der Waals surface area contributed by atoms with E-state index < -0.39 is 0 Å². The quantitative estimate of drug-likeness (QED) is 0.911. The van der Waals surface area contributed by atoms with Crippen molar-refractivity contribution >= 4 is 0 Å². The lowest BCUT2D eigenvalue weighted by Gasteiger charge is -2.19. The van der Waals surface area contributed by atoms with E-state index in [0.717, 1.165) is 31.5 Å². The Morgan fingerprint density at radius 1 is 1.32 bits per heavy atom. The summed E-state index contributed by atoms with van der Waals surface area (Å²) in [6.45, 7) is 3.03. The van der Waals surface area contributed by atoms with Gasteiger partial charge in [0.05, 0.1) is 17.9 Å². The van der Waals surface area contributed by atoms with E-state index in [0.29, 0.717) is 5.92 Å². The summed E-state index contributed by atoms with van der Waals surface area (Å²) >= 11 is 0. The smallest absolute Gasteiger partial charge is 0.0757 e. The molecule has 1 aliphatic rings. The van der Waals surface area contributed by atoms with Gasteiger partial charge in [0.15, 0.2) is 0 Å². The van der Waals surface area contributed by atoms with E-state index >= 15 is 0 Å². The van der Waals surface area contributed by atoms with E-state index in [9.17, 15) is 0 Å². The van der Waals surface area contributed by atoms with Crippen LogP contribution in [0, 0.1) is 5.92 Å². The third kappa shape index (κ3) is 2.28. The summed E-state index contributed by atoms with van der Waals surface area (Å²) in [5.74, 6) is 0.464. The fraction of sp³-hybridized carbons (Fsp3) is 0.467. The first-order valence-corrected chi connectivity index (χ1v) is 7.00. The predicted molar refractivity (Wildman–Crippen MR) is 74.6 cm³/mol. The lowest BCUT2D eigenvalue weighted by atomic mass is 9.95. The maximum absolute atomic E-state index is 6.45. The van der Waals surface area contributed by atoms with Gasteiger partial charge in [0.1, 0.15) is 0 Å². The van der Waals surface area contributed by atoms with Gasteiger partial charge in [-0.15, -0.1) is 5.10 Å². The van der Waals surface area contributed by atoms with E-state index in [1.165, 1.54) is 11.1 Å². The molecule has 4 heteroatoms. The van der Waals surface area contributed by atoms with Crippen LogP contribution in [-0.4, -0.2) is 15.0 Å². The molecular weight excluding hydrogens is 236 g/mol. The second-order valence-corrected chi connectivity index (χ2v) is 5.34. The number of nitrogens with zero attached hydrogens (tertiary/aromatic N) is 3. The lowest BCUT2D eigenvalue weighted by Crippen LogP contribution is -2.25. The zero-order valence-electron chi connectivity index (χ0n) is 11.3. The molecule has 19 heavy (non-hydrogen) atoms. The number of aryl methyl sites for hydroxylation is 1. The molecule has 100 valence electrons. The number of aromatic nitrogens is 3. The Balaban J connectivity index is 1.79. The highest BCUT2D eigenvalue weighted by molar-refractivity contribution is 5.33. The van der Waals surface area contributed by atoms with E-state index in [4.69, 9.17) is 5.73 Å². The first-order chi connectivity index (χ1) is 9.29. The van der Waals surface area contributed by atoms with E-state index in [-0.39, 0.29) is 6.04 Å². The maximum atomic E-state index is 6.45. The van der Waals surface area contributed by atoms with Crippen molar-refractivity contribution in [3.63, 3.8) is 0 Å². The molecule has 0 saturated carbocycles. The summed E-state index contributed by atoms with van der Waals surface area (Å²) < 4.78 is 1.95. The van der Waals surface area contributed by atoms with Crippen molar-refractivity contribution in [3.05, 3.63) is 47.3 Å². The second-order valence-electron chi connectivity index (χ2n) is 5.34. The van der Waals surface area contributed by atoms with Crippen LogP contribution in [0.5, 0.6) is 0 Å². The molecule has 0 fully saturated rings. The van der Waals surface area contributed by atoms with Crippen LogP contribution < -0.4 is 5.73 Å². The highest BCUT2D eigenvalue weighted by Crippen LogP contribution is 2.33. The Hall–Kier alpha value is -1.68. The van der Waals surface area contributed by atoms with Crippen molar-refractivity contribution in [3.8, 4) is 0 Å². The molecule has 0 bridgehead atoms. The molecule has 1 atom stereocenters. The summed E-state index contributed by atoms with van der Waals surface area (Å²) in [5, 5.41) is 8.15. The van der Waals surface area contributed by atoms with Crippen LogP contribution in [-0.2, 0) is 19.4 Å². The van der Waals surface area contributed by atoms with Gasteiger partial charge in [0.25, 0.3) is 0 Å². The van der Waals surface area contributed by atoms with Crippen LogP contribution in [0.3, 0.4) is 0 Å². The highest BCUT2D eigenvalue weighted by Gasteiger charge is 2.29. The zero-order valence-corrected chi connectivity index (χ0v) is 11.3. The van der Waals surface area contributed by atoms with Crippen molar-refractivity contribution < 1.29 is 0 Å². The van der Waals surface area contributed by atoms with Gasteiger partial charge in [-0.05, 0) is 36.3 Å². The molecule has 2 aromatic rings. The van der Waals surface area contributed by atoms with Gasteiger partial charge in [-0.3, -0.25) is 0 Å². The van der Waals surface area contributed by atoms with Gasteiger partial charge in [0.2, 0.25) is 0 Å². The molecule has 3 rings (SSSR count). The second kappa shape index (κ2) is 5.13. The van der Waals surface area contributed by atoms with Crippen LogP contribution in [0.2, 0.25) is 0 Å². The Kier molecular flexibility index (Phi) is 3.34. The summed E-state index contributed by atoms with van der Waals surface area (Å²) in [7, 11) is 0. The third-order valence-corrected chi connectivity index (χ3v) is 4.02. The van der Waals surface area contributed by atoms with E-state index in [1.54, 1.807) is 0 Å². The first kappa shape index (κ1) is 12.4. The zero-order chi connectivity index (χ0) is 13.2. The lowest BCUT2D eigenvalue weighted by molar-refractivity contribution is 0.416. The number of hydrogen-bond acceptors (Lipinski definition) is 3. The summed E-state index contributed by atoms with van der Waals surface area (Å²) in [6.07, 6.45) is 5.00. The Morgan fingerprint density at radius 3 is 2.63 bits per heavy atom. The highest BCUT2D eigenvalue weighted by atomic mass is 15.4. The Bertz CT molecular complexity index is 536. The molecule has 1 aromatic heterocycles. The minimum atomic E-state index is 0.0222.